The van der Waals surface area contributed by atoms with Crippen molar-refractivity contribution in [3.8, 4) is 0 Å². The summed E-state index contributed by atoms with van der Waals surface area (Å²) in [5.41, 5.74) is 2.02. The summed E-state index contributed by atoms with van der Waals surface area (Å²) in [4.78, 5) is 13.0. The first-order chi connectivity index (χ1) is 11.8. The summed E-state index contributed by atoms with van der Waals surface area (Å²) in [5.74, 6) is 0.439. The zero-order valence-electron chi connectivity index (χ0n) is 13.7. The highest BCUT2D eigenvalue weighted by Gasteiger charge is 2.23. The van der Waals surface area contributed by atoms with E-state index in [-0.39, 0.29) is 16.7 Å². The van der Waals surface area contributed by atoms with Gasteiger partial charge in [0.25, 0.3) is 10.0 Å². The molecule has 25 heavy (non-hydrogen) atoms. The number of fused-ring (bicyclic) bond motifs is 1. The quantitative estimate of drug-likeness (QED) is 0.747. The highest BCUT2D eigenvalue weighted by molar-refractivity contribution is 9.10. The fourth-order valence-corrected chi connectivity index (χ4v) is 5.19. The molecule has 8 heteroatoms. The van der Waals surface area contributed by atoms with Crippen molar-refractivity contribution in [3.63, 3.8) is 0 Å². The van der Waals surface area contributed by atoms with Crippen molar-refractivity contribution < 1.29 is 13.2 Å². The smallest absolute Gasteiger partial charge is 0.262 e. The van der Waals surface area contributed by atoms with Gasteiger partial charge in [0.15, 0.2) is 0 Å². The third kappa shape index (κ3) is 4.02. The van der Waals surface area contributed by atoms with Gasteiger partial charge in [-0.05, 0) is 58.7 Å². The molecule has 5 nitrogen and oxygen atoms in total. The minimum Gasteiger partial charge on any atom is -0.325 e. The Morgan fingerprint density at radius 1 is 1.24 bits per heavy atom. The van der Waals surface area contributed by atoms with Gasteiger partial charge in [-0.1, -0.05) is 13.0 Å². The maximum Gasteiger partial charge on any atom is 0.262 e. The van der Waals surface area contributed by atoms with Crippen molar-refractivity contribution in [2.45, 2.75) is 23.6 Å². The average molecular weight is 441 g/mol. The fourth-order valence-electron chi connectivity index (χ4n) is 2.35. The summed E-state index contributed by atoms with van der Waals surface area (Å²) in [5, 5.41) is 2.81. The molecular weight excluding hydrogens is 424 g/mol. The van der Waals surface area contributed by atoms with Crippen LogP contribution in [-0.4, -0.2) is 20.1 Å². The molecule has 1 atom stereocenters. The van der Waals surface area contributed by atoms with Crippen LogP contribution in [0, 0.1) is 12.8 Å². The number of amides is 1. The van der Waals surface area contributed by atoms with Crippen LogP contribution in [0.3, 0.4) is 0 Å². The predicted octanol–water partition coefficient (Wildman–Crippen LogP) is 4.24. The summed E-state index contributed by atoms with van der Waals surface area (Å²) >= 11 is 4.91. The van der Waals surface area contributed by atoms with Crippen LogP contribution in [0.2, 0.25) is 0 Å². The molecule has 2 aromatic rings. The number of sulfonamides is 1. The van der Waals surface area contributed by atoms with Crippen LogP contribution in [0.4, 0.5) is 11.4 Å². The Morgan fingerprint density at radius 3 is 2.72 bits per heavy atom. The van der Waals surface area contributed by atoms with E-state index in [0.29, 0.717) is 21.6 Å². The molecule has 0 radical (unpaired) electrons. The number of halogens is 1. The summed E-state index contributed by atoms with van der Waals surface area (Å²) < 4.78 is 28.7. The topological polar surface area (TPSA) is 75.3 Å². The normalized spacial score (nSPS) is 17.4. The zero-order valence-corrected chi connectivity index (χ0v) is 16.9. The van der Waals surface area contributed by atoms with Crippen molar-refractivity contribution in [2.75, 3.05) is 15.8 Å². The molecule has 1 amide bonds. The second-order valence-corrected chi connectivity index (χ2v) is 9.55. The van der Waals surface area contributed by atoms with E-state index in [1.54, 1.807) is 30.0 Å². The van der Waals surface area contributed by atoms with Crippen LogP contribution in [0.5, 0.6) is 0 Å². The number of benzene rings is 2. The Bertz CT molecular complexity index is 945. The van der Waals surface area contributed by atoms with Crippen molar-refractivity contribution in [1.29, 1.82) is 0 Å². The van der Waals surface area contributed by atoms with Gasteiger partial charge in [-0.2, -0.15) is 0 Å². The van der Waals surface area contributed by atoms with Gasteiger partial charge in [0.1, 0.15) is 0 Å². The first-order valence-electron chi connectivity index (χ1n) is 7.63. The Labute approximate surface area is 159 Å². The maximum absolute atomic E-state index is 12.7. The predicted molar refractivity (Wildman–Crippen MR) is 105 cm³/mol. The van der Waals surface area contributed by atoms with Gasteiger partial charge >= 0.3 is 0 Å². The molecule has 0 spiro atoms. The SMILES string of the molecule is Cc1ccc(NS(=O)(=O)c2ccc3c(c2)NC(=O)[C@@H](C)CS3)c(Br)c1. The third-order valence-electron chi connectivity index (χ3n) is 3.82. The van der Waals surface area contributed by atoms with E-state index < -0.39 is 10.0 Å². The van der Waals surface area contributed by atoms with E-state index >= 15 is 0 Å². The number of hydrogen-bond donors (Lipinski definition) is 2. The van der Waals surface area contributed by atoms with Crippen molar-refractivity contribution in [1.82, 2.24) is 0 Å². The monoisotopic (exact) mass is 440 g/mol. The number of carbonyl (C=O) groups excluding carboxylic acids is 1. The van der Waals surface area contributed by atoms with Crippen molar-refractivity contribution in [2.24, 2.45) is 5.92 Å². The van der Waals surface area contributed by atoms with E-state index in [1.807, 2.05) is 26.0 Å². The molecule has 132 valence electrons. The molecule has 0 aromatic heterocycles. The molecular formula is C17H17BrN2O3S2. The van der Waals surface area contributed by atoms with E-state index in [0.717, 1.165) is 10.5 Å². The summed E-state index contributed by atoms with van der Waals surface area (Å²) in [7, 11) is -3.77. The van der Waals surface area contributed by atoms with Gasteiger partial charge in [-0.25, -0.2) is 8.42 Å². The Morgan fingerprint density at radius 2 is 2.00 bits per heavy atom. The molecule has 2 aromatic carbocycles. The molecule has 0 aliphatic carbocycles. The number of aryl methyl sites for hydroxylation is 1. The first kappa shape index (κ1) is 18.3. The van der Waals surface area contributed by atoms with E-state index in [1.165, 1.54) is 6.07 Å². The summed E-state index contributed by atoms with van der Waals surface area (Å²) in [6.07, 6.45) is 0. The van der Waals surface area contributed by atoms with Gasteiger partial charge in [-0.15, -0.1) is 11.8 Å². The minimum atomic E-state index is -3.77. The lowest BCUT2D eigenvalue weighted by atomic mass is 10.2. The fraction of sp³-hybridized carbons (Fsp3) is 0.235. The minimum absolute atomic E-state index is 0.102. The molecule has 1 aliphatic rings. The molecule has 0 saturated carbocycles. The first-order valence-corrected chi connectivity index (χ1v) is 10.9. The van der Waals surface area contributed by atoms with E-state index in [2.05, 4.69) is 26.0 Å². The van der Waals surface area contributed by atoms with Crippen molar-refractivity contribution in [3.05, 3.63) is 46.4 Å². The van der Waals surface area contributed by atoms with E-state index in [9.17, 15) is 13.2 Å². The van der Waals surface area contributed by atoms with Crippen LogP contribution in [0.25, 0.3) is 0 Å². The van der Waals surface area contributed by atoms with Gasteiger partial charge in [0.05, 0.1) is 16.3 Å². The number of rotatable bonds is 3. The lowest BCUT2D eigenvalue weighted by Gasteiger charge is -2.13. The van der Waals surface area contributed by atoms with Crippen LogP contribution >= 0.6 is 27.7 Å². The van der Waals surface area contributed by atoms with Gasteiger partial charge in [0, 0.05) is 21.0 Å². The van der Waals surface area contributed by atoms with Crippen LogP contribution in [0.1, 0.15) is 12.5 Å². The molecule has 0 unspecified atom stereocenters. The van der Waals surface area contributed by atoms with Crippen LogP contribution in [-0.2, 0) is 14.8 Å². The summed E-state index contributed by atoms with van der Waals surface area (Å²) in [6.45, 7) is 3.78. The van der Waals surface area contributed by atoms with E-state index in [4.69, 9.17) is 0 Å². The Balaban J connectivity index is 1.93. The molecule has 0 bridgehead atoms. The van der Waals surface area contributed by atoms with Crippen LogP contribution < -0.4 is 10.0 Å². The second-order valence-electron chi connectivity index (χ2n) is 5.95. The molecule has 0 fully saturated rings. The summed E-state index contributed by atoms with van der Waals surface area (Å²) in [6, 6.07) is 10.2. The number of thioether (sulfide) groups is 1. The third-order valence-corrected chi connectivity index (χ3v) is 7.18. The number of carbonyl (C=O) groups is 1. The lowest BCUT2D eigenvalue weighted by molar-refractivity contribution is -0.118. The maximum atomic E-state index is 12.7. The average Bonchev–Trinajstić information content (AvgIpc) is 2.69. The molecule has 2 N–H and O–H groups in total. The highest BCUT2D eigenvalue weighted by Crippen LogP contribution is 2.35. The van der Waals surface area contributed by atoms with Gasteiger partial charge in [-0.3, -0.25) is 9.52 Å². The molecule has 3 rings (SSSR count). The number of anilines is 2. The number of hydrogen-bond acceptors (Lipinski definition) is 4. The van der Waals surface area contributed by atoms with Crippen molar-refractivity contribution >= 4 is 55.0 Å². The highest BCUT2D eigenvalue weighted by atomic mass is 79.9. The Hall–Kier alpha value is -1.51. The van der Waals surface area contributed by atoms with Crippen LogP contribution in [0.15, 0.2) is 50.7 Å². The van der Waals surface area contributed by atoms with Gasteiger partial charge < -0.3 is 5.32 Å². The molecule has 1 heterocycles. The zero-order chi connectivity index (χ0) is 18.2. The number of nitrogens with one attached hydrogen (secondary N) is 2. The largest absolute Gasteiger partial charge is 0.325 e. The lowest BCUT2D eigenvalue weighted by Crippen LogP contribution is -2.20. The molecule has 1 aliphatic heterocycles. The Kier molecular flexibility index (Phi) is 5.13. The van der Waals surface area contributed by atoms with Gasteiger partial charge in [0.2, 0.25) is 5.91 Å². The molecule has 0 saturated heterocycles. The second kappa shape index (κ2) is 7.01. The standard InChI is InChI=1S/C17H17BrN2O3S2/c1-10-3-5-14(13(18)7-10)20-25(22,23)12-4-6-16-15(8-12)19-17(21)11(2)9-24-16/h3-8,11,20H,9H2,1-2H3,(H,19,21)/t11-/m0/s1.